The van der Waals surface area contributed by atoms with Crippen molar-refractivity contribution >= 4 is 22.7 Å². The minimum absolute atomic E-state index is 0.0224. The summed E-state index contributed by atoms with van der Waals surface area (Å²) in [6.07, 6.45) is 14.7. The Morgan fingerprint density at radius 2 is 1.78 bits per heavy atom. The molecule has 4 nitrogen and oxygen atoms in total. The SMILES string of the molecule is CCCCCCCCC=CC(=O)c1cn(CCCC(=O)O)c2ccccc12. The number of aliphatic carboxylic acids is 1. The van der Waals surface area contributed by atoms with Crippen LogP contribution < -0.4 is 0 Å². The summed E-state index contributed by atoms with van der Waals surface area (Å²) in [6, 6.07) is 7.81. The molecule has 0 saturated heterocycles. The largest absolute Gasteiger partial charge is 0.481 e. The van der Waals surface area contributed by atoms with E-state index in [-0.39, 0.29) is 12.2 Å². The minimum Gasteiger partial charge on any atom is -0.481 e. The van der Waals surface area contributed by atoms with Gasteiger partial charge in [-0.05, 0) is 31.4 Å². The van der Waals surface area contributed by atoms with E-state index in [0.29, 0.717) is 18.5 Å². The van der Waals surface area contributed by atoms with Crippen molar-refractivity contribution in [3.63, 3.8) is 0 Å². The predicted molar refractivity (Wildman–Crippen MR) is 110 cm³/mol. The van der Waals surface area contributed by atoms with Gasteiger partial charge in [-0.3, -0.25) is 9.59 Å². The summed E-state index contributed by atoms with van der Waals surface area (Å²) in [5, 5.41) is 9.76. The molecule has 0 fully saturated rings. The van der Waals surface area contributed by atoms with E-state index in [0.717, 1.165) is 23.7 Å². The number of ketones is 1. The number of unbranched alkanes of at least 4 members (excludes halogenated alkanes) is 6. The van der Waals surface area contributed by atoms with Crippen molar-refractivity contribution in [2.45, 2.75) is 71.3 Å². The van der Waals surface area contributed by atoms with Crippen molar-refractivity contribution in [1.82, 2.24) is 4.57 Å². The summed E-state index contributed by atoms with van der Waals surface area (Å²) in [5.41, 5.74) is 1.68. The third kappa shape index (κ3) is 6.70. The van der Waals surface area contributed by atoms with Gasteiger partial charge in [0, 0.05) is 35.6 Å². The molecular formula is C23H31NO3. The number of para-hydroxylation sites is 1. The molecule has 2 aromatic rings. The second-order valence-corrected chi connectivity index (χ2v) is 7.07. The Morgan fingerprint density at radius 1 is 1.04 bits per heavy atom. The van der Waals surface area contributed by atoms with Gasteiger partial charge in [0.25, 0.3) is 0 Å². The van der Waals surface area contributed by atoms with Gasteiger partial charge in [0.2, 0.25) is 0 Å². The second kappa shape index (κ2) is 11.4. The number of carboxylic acid groups (broad SMARTS) is 1. The van der Waals surface area contributed by atoms with Crippen LogP contribution in [0, 0.1) is 0 Å². The average molecular weight is 370 g/mol. The smallest absolute Gasteiger partial charge is 0.303 e. The van der Waals surface area contributed by atoms with E-state index in [9.17, 15) is 9.59 Å². The molecule has 146 valence electrons. The monoisotopic (exact) mass is 369 g/mol. The highest BCUT2D eigenvalue weighted by Gasteiger charge is 2.12. The van der Waals surface area contributed by atoms with Gasteiger partial charge in [0.1, 0.15) is 0 Å². The molecule has 0 amide bonds. The number of carbonyl (C=O) groups excluding carboxylic acids is 1. The molecule has 1 heterocycles. The maximum atomic E-state index is 12.6. The van der Waals surface area contributed by atoms with E-state index in [4.69, 9.17) is 5.11 Å². The van der Waals surface area contributed by atoms with Crippen LogP contribution in [0.3, 0.4) is 0 Å². The number of carboxylic acids is 1. The molecule has 0 aliphatic heterocycles. The number of hydrogen-bond donors (Lipinski definition) is 1. The fourth-order valence-corrected chi connectivity index (χ4v) is 3.35. The Morgan fingerprint density at radius 3 is 2.56 bits per heavy atom. The maximum absolute atomic E-state index is 12.6. The summed E-state index contributed by atoms with van der Waals surface area (Å²) in [7, 11) is 0. The van der Waals surface area contributed by atoms with Gasteiger partial charge in [0.15, 0.2) is 5.78 Å². The zero-order chi connectivity index (χ0) is 19.5. The Labute approximate surface area is 161 Å². The van der Waals surface area contributed by atoms with Crippen LogP contribution in [0.25, 0.3) is 10.9 Å². The van der Waals surface area contributed by atoms with E-state index in [1.807, 2.05) is 41.1 Å². The van der Waals surface area contributed by atoms with Crippen molar-refractivity contribution in [1.29, 1.82) is 0 Å². The van der Waals surface area contributed by atoms with Gasteiger partial charge in [-0.2, -0.15) is 0 Å². The zero-order valence-electron chi connectivity index (χ0n) is 16.3. The highest BCUT2D eigenvalue weighted by Crippen LogP contribution is 2.23. The number of hydrogen-bond acceptors (Lipinski definition) is 2. The van der Waals surface area contributed by atoms with Crippen LogP contribution in [-0.2, 0) is 11.3 Å². The van der Waals surface area contributed by atoms with Gasteiger partial charge in [0.05, 0.1) is 0 Å². The number of aromatic nitrogens is 1. The van der Waals surface area contributed by atoms with Crippen molar-refractivity contribution in [2.24, 2.45) is 0 Å². The maximum Gasteiger partial charge on any atom is 0.303 e. The number of fused-ring (bicyclic) bond motifs is 1. The van der Waals surface area contributed by atoms with Crippen LogP contribution in [-0.4, -0.2) is 21.4 Å². The van der Waals surface area contributed by atoms with Crippen LogP contribution in [0.4, 0.5) is 0 Å². The van der Waals surface area contributed by atoms with Gasteiger partial charge >= 0.3 is 5.97 Å². The number of allylic oxidation sites excluding steroid dienone is 2. The van der Waals surface area contributed by atoms with E-state index in [2.05, 4.69) is 6.92 Å². The molecule has 0 unspecified atom stereocenters. The fourth-order valence-electron chi connectivity index (χ4n) is 3.35. The van der Waals surface area contributed by atoms with Crippen LogP contribution >= 0.6 is 0 Å². The first kappa shape index (κ1) is 20.9. The number of nitrogens with zero attached hydrogens (tertiary/aromatic N) is 1. The highest BCUT2D eigenvalue weighted by atomic mass is 16.4. The molecule has 27 heavy (non-hydrogen) atoms. The molecule has 0 aliphatic carbocycles. The van der Waals surface area contributed by atoms with E-state index < -0.39 is 5.97 Å². The van der Waals surface area contributed by atoms with Crippen LogP contribution in [0.1, 0.15) is 75.1 Å². The lowest BCUT2D eigenvalue weighted by Gasteiger charge is -2.03. The molecule has 1 N–H and O–H groups in total. The van der Waals surface area contributed by atoms with Crippen molar-refractivity contribution in [3.8, 4) is 0 Å². The van der Waals surface area contributed by atoms with Gasteiger partial charge in [-0.25, -0.2) is 0 Å². The normalized spacial score (nSPS) is 11.4. The standard InChI is InChI=1S/C23H31NO3/c1-2-3-4-5-6-7-8-9-15-22(25)20-18-24(17-12-16-23(26)27)21-14-11-10-13-19(20)21/h9-11,13-15,18H,2-8,12,16-17H2,1H3,(H,26,27). The topological polar surface area (TPSA) is 59.3 Å². The fraction of sp³-hybridized carbons (Fsp3) is 0.478. The molecule has 1 aromatic carbocycles. The molecule has 0 spiro atoms. The average Bonchev–Trinajstić information content (AvgIpc) is 3.02. The Bertz CT molecular complexity index is 773. The van der Waals surface area contributed by atoms with Gasteiger partial charge in [-0.1, -0.05) is 63.3 Å². The highest BCUT2D eigenvalue weighted by molar-refractivity contribution is 6.13. The molecule has 4 heteroatoms. The Balaban J connectivity index is 1.95. The number of aryl methyl sites for hydroxylation is 1. The molecule has 0 aliphatic rings. The van der Waals surface area contributed by atoms with Gasteiger partial charge < -0.3 is 9.67 Å². The molecule has 2 rings (SSSR count). The van der Waals surface area contributed by atoms with E-state index in [1.54, 1.807) is 6.08 Å². The summed E-state index contributed by atoms with van der Waals surface area (Å²) in [5.74, 6) is -0.769. The van der Waals surface area contributed by atoms with E-state index in [1.165, 1.54) is 32.1 Å². The lowest BCUT2D eigenvalue weighted by molar-refractivity contribution is -0.137. The molecule has 0 atom stereocenters. The third-order valence-electron chi connectivity index (χ3n) is 4.84. The molecule has 0 bridgehead atoms. The number of carbonyl (C=O) groups is 2. The number of rotatable bonds is 13. The van der Waals surface area contributed by atoms with Crippen LogP contribution in [0.2, 0.25) is 0 Å². The summed E-state index contributed by atoms with van der Waals surface area (Å²) >= 11 is 0. The van der Waals surface area contributed by atoms with Gasteiger partial charge in [-0.15, -0.1) is 0 Å². The van der Waals surface area contributed by atoms with Crippen LogP contribution in [0.15, 0.2) is 42.6 Å². The molecule has 1 aromatic heterocycles. The van der Waals surface area contributed by atoms with Crippen molar-refractivity contribution in [3.05, 3.63) is 48.2 Å². The number of benzene rings is 1. The predicted octanol–water partition coefficient (Wildman–Crippen LogP) is 6.00. The first-order chi connectivity index (χ1) is 13.1. The lowest BCUT2D eigenvalue weighted by atomic mass is 10.1. The summed E-state index contributed by atoms with van der Waals surface area (Å²) < 4.78 is 1.99. The first-order valence-corrected chi connectivity index (χ1v) is 10.1. The lowest BCUT2D eigenvalue weighted by Crippen LogP contribution is -2.01. The molecular weight excluding hydrogens is 338 g/mol. The van der Waals surface area contributed by atoms with Crippen LogP contribution in [0.5, 0.6) is 0 Å². The van der Waals surface area contributed by atoms with E-state index >= 15 is 0 Å². The second-order valence-electron chi connectivity index (χ2n) is 7.07. The Kier molecular flexibility index (Phi) is 8.82. The zero-order valence-corrected chi connectivity index (χ0v) is 16.3. The Hall–Kier alpha value is -2.36. The summed E-state index contributed by atoms with van der Waals surface area (Å²) in [4.78, 5) is 23.4. The minimum atomic E-state index is -0.791. The summed E-state index contributed by atoms with van der Waals surface area (Å²) in [6.45, 7) is 2.82. The van der Waals surface area contributed by atoms with Crippen molar-refractivity contribution in [2.75, 3.05) is 0 Å². The quantitative estimate of drug-likeness (QED) is 0.268. The molecule has 0 radical (unpaired) electrons. The third-order valence-corrected chi connectivity index (χ3v) is 4.84. The first-order valence-electron chi connectivity index (χ1n) is 10.1. The van der Waals surface area contributed by atoms with Crippen molar-refractivity contribution < 1.29 is 14.7 Å². The molecule has 0 saturated carbocycles.